The van der Waals surface area contributed by atoms with Crippen LogP contribution in [0.25, 0.3) is 10.9 Å². The van der Waals surface area contributed by atoms with E-state index in [0.717, 1.165) is 39.0 Å². The standard InChI is InChI=1S/C30H32ClFN6O4/c31-23-12-20(5-6-24(23)32)35-30-22-14-26(27(41-16-19-3-4-19)15-25(22)33-18-34-30)36-28(39)2-1-7-37-8-10-38(11-9-37)21-13-29(40)42-17-21/h1-2,5-6,12,14-15,18-19,21H,3-4,7-11,13,16-17H2,(H,36,39)(H,33,34,35)/b2-1+. The number of carbonyl (C=O) groups excluding carboxylic acids is 2. The minimum Gasteiger partial charge on any atom is -0.491 e. The minimum absolute atomic E-state index is 0.00403. The first-order chi connectivity index (χ1) is 20.4. The summed E-state index contributed by atoms with van der Waals surface area (Å²) >= 11 is 5.96. The lowest BCUT2D eigenvalue weighted by Crippen LogP contribution is -2.50. The largest absolute Gasteiger partial charge is 0.491 e. The average molecular weight is 595 g/mol. The molecule has 2 aliphatic heterocycles. The van der Waals surface area contributed by atoms with Crippen molar-refractivity contribution in [3.8, 4) is 5.75 Å². The molecule has 220 valence electrons. The monoisotopic (exact) mass is 594 g/mol. The molecule has 3 aromatic rings. The Bertz CT molecular complexity index is 1510. The van der Waals surface area contributed by atoms with E-state index in [1.54, 1.807) is 18.2 Å². The van der Waals surface area contributed by atoms with E-state index in [1.807, 2.05) is 6.08 Å². The molecule has 3 fully saturated rings. The summed E-state index contributed by atoms with van der Waals surface area (Å²) in [5.74, 6) is 0.636. The van der Waals surface area contributed by atoms with Gasteiger partial charge in [-0.1, -0.05) is 17.7 Å². The van der Waals surface area contributed by atoms with Crippen LogP contribution in [0.3, 0.4) is 0 Å². The molecule has 6 rings (SSSR count). The highest BCUT2D eigenvalue weighted by molar-refractivity contribution is 6.31. The highest BCUT2D eigenvalue weighted by Crippen LogP contribution is 2.36. The van der Waals surface area contributed by atoms with Gasteiger partial charge >= 0.3 is 5.97 Å². The van der Waals surface area contributed by atoms with E-state index in [9.17, 15) is 14.0 Å². The number of cyclic esters (lactones) is 1. The molecule has 42 heavy (non-hydrogen) atoms. The van der Waals surface area contributed by atoms with E-state index in [4.69, 9.17) is 21.1 Å². The Hall–Kier alpha value is -3.80. The lowest BCUT2D eigenvalue weighted by atomic mass is 10.1. The number of hydrogen-bond acceptors (Lipinski definition) is 9. The molecule has 1 atom stereocenters. The smallest absolute Gasteiger partial charge is 0.307 e. The van der Waals surface area contributed by atoms with Crippen LogP contribution in [0.4, 0.5) is 21.6 Å². The summed E-state index contributed by atoms with van der Waals surface area (Å²) in [6.07, 6.45) is 7.55. The summed E-state index contributed by atoms with van der Waals surface area (Å²) < 4.78 is 24.9. The van der Waals surface area contributed by atoms with Crippen molar-refractivity contribution in [2.24, 2.45) is 5.92 Å². The zero-order valence-corrected chi connectivity index (χ0v) is 23.8. The fraction of sp³-hybridized carbons (Fsp3) is 0.400. The number of aromatic nitrogens is 2. The molecule has 2 saturated heterocycles. The molecule has 12 heteroatoms. The van der Waals surface area contributed by atoms with Gasteiger partial charge in [-0.2, -0.15) is 0 Å². The van der Waals surface area contributed by atoms with Gasteiger partial charge in [0.15, 0.2) is 0 Å². The second-order valence-corrected chi connectivity index (χ2v) is 11.3. The average Bonchev–Trinajstić information content (AvgIpc) is 3.72. The van der Waals surface area contributed by atoms with Crippen LogP contribution in [0, 0.1) is 11.7 Å². The third-order valence-electron chi connectivity index (χ3n) is 7.74. The van der Waals surface area contributed by atoms with Crippen LogP contribution in [-0.4, -0.2) is 83.6 Å². The zero-order chi connectivity index (χ0) is 29.1. The first kappa shape index (κ1) is 28.3. The Morgan fingerprint density at radius 1 is 1.17 bits per heavy atom. The summed E-state index contributed by atoms with van der Waals surface area (Å²) in [4.78, 5) is 37.7. The van der Waals surface area contributed by atoms with Crippen molar-refractivity contribution in [1.29, 1.82) is 0 Å². The lowest BCUT2D eigenvalue weighted by Gasteiger charge is -2.36. The number of nitrogens with zero attached hydrogens (tertiary/aromatic N) is 4. The zero-order valence-electron chi connectivity index (χ0n) is 23.0. The Labute approximate surface area is 247 Å². The van der Waals surface area contributed by atoms with Gasteiger partial charge in [0, 0.05) is 55.9 Å². The predicted molar refractivity (Wildman–Crippen MR) is 158 cm³/mol. The summed E-state index contributed by atoms with van der Waals surface area (Å²) in [6.45, 7) is 5.13. The van der Waals surface area contributed by atoms with Crippen LogP contribution in [0.5, 0.6) is 5.75 Å². The number of carbonyl (C=O) groups is 2. The van der Waals surface area contributed by atoms with Crippen molar-refractivity contribution in [3.05, 3.63) is 59.7 Å². The molecule has 3 heterocycles. The number of halogens is 2. The van der Waals surface area contributed by atoms with E-state index >= 15 is 0 Å². The number of amides is 1. The van der Waals surface area contributed by atoms with E-state index in [1.165, 1.54) is 24.5 Å². The first-order valence-corrected chi connectivity index (χ1v) is 14.5. The van der Waals surface area contributed by atoms with Crippen LogP contribution >= 0.6 is 11.6 Å². The van der Waals surface area contributed by atoms with Gasteiger partial charge in [0.05, 0.1) is 35.3 Å². The number of fused-ring (bicyclic) bond motifs is 1. The Balaban J connectivity index is 1.13. The molecule has 1 aliphatic carbocycles. The van der Waals surface area contributed by atoms with E-state index < -0.39 is 5.82 Å². The molecule has 0 bridgehead atoms. The van der Waals surface area contributed by atoms with E-state index in [2.05, 4.69) is 30.4 Å². The Kier molecular flexibility index (Phi) is 8.50. The second-order valence-electron chi connectivity index (χ2n) is 10.9. The number of piperazine rings is 1. The maximum atomic E-state index is 13.7. The molecular formula is C30H32ClFN6O4. The van der Waals surface area contributed by atoms with Crippen molar-refractivity contribution >= 4 is 51.6 Å². The van der Waals surface area contributed by atoms with Crippen molar-refractivity contribution < 1.29 is 23.5 Å². The van der Waals surface area contributed by atoms with Crippen LogP contribution in [0.2, 0.25) is 5.02 Å². The maximum absolute atomic E-state index is 13.7. The van der Waals surface area contributed by atoms with Gasteiger partial charge < -0.3 is 20.1 Å². The highest BCUT2D eigenvalue weighted by Gasteiger charge is 2.31. The number of esters is 1. The third-order valence-corrected chi connectivity index (χ3v) is 8.03. The van der Waals surface area contributed by atoms with Crippen LogP contribution < -0.4 is 15.4 Å². The molecule has 1 aromatic heterocycles. The molecule has 3 aliphatic rings. The maximum Gasteiger partial charge on any atom is 0.307 e. The molecule has 1 unspecified atom stereocenters. The number of ether oxygens (including phenoxy) is 2. The number of nitrogens with one attached hydrogen (secondary N) is 2. The fourth-order valence-corrected chi connectivity index (χ4v) is 5.31. The topological polar surface area (TPSA) is 109 Å². The summed E-state index contributed by atoms with van der Waals surface area (Å²) in [6, 6.07) is 8.09. The number of benzene rings is 2. The molecule has 1 amide bonds. The predicted octanol–water partition coefficient (Wildman–Crippen LogP) is 4.38. The van der Waals surface area contributed by atoms with Gasteiger partial charge in [0.1, 0.15) is 30.3 Å². The Morgan fingerprint density at radius 3 is 2.74 bits per heavy atom. The van der Waals surface area contributed by atoms with Crippen LogP contribution in [0.1, 0.15) is 19.3 Å². The third kappa shape index (κ3) is 6.97. The van der Waals surface area contributed by atoms with Gasteiger partial charge in [0.2, 0.25) is 5.91 Å². The van der Waals surface area contributed by atoms with E-state index in [0.29, 0.717) is 65.9 Å². The van der Waals surface area contributed by atoms with E-state index in [-0.39, 0.29) is 22.9 Å². The van der Waals surface area contributed by atoms with Crippen LogP contribution in [-0.2, 0) is 14.3 Å². The van der Waals surface area contributed by atoms with Gasteiger partial charge in [-0.25, -0.2) is 14.4 Å². The van der Waals surface area contributed by atoms with Crippen molar-refractivity contribution in [2.75, 3.05) is 56.6 Å². The number of hydrogen-bond donors (Lipinski definition) is 2. The Morgan fingerprint density at radius 2 is 2.00 bits per heavy atom. The van der Waals surface area contributed by atoms with Gasteiger partial charge in [0.25, 0.3) is 0 Å². The summed E-state index contributed by atoms with van der Waals surface area (Å²) in [5.41, 5.74) is 1.71. The lowest BCUT2D eigenvalue weighted by molar-refractivity contribution is -0.137. The fourth-order valence-electron chi connectivity index (χ4n) is 5.13. The molecule has 1 saturated carbocycles. The van der Waals surface area contributed by atoms with Crippen molar-refractivity contribution in [3.63, 3.8) is 0 Å². The first-order valence-electron chi connectivity index (χ1n) is 14.1. The molecule has 10 nitrogen and oxygen atoms in total. The SMILES string of the molecule is O=C(/C=C/CN1CCN(C2COC(=O)C2)CC1)Nc1cc2c(Nc3ccc(F)c(Cl)c3)ncnc2cc1OCC1CC1. The van der Waals surface area contributed by atoms with Gasteiger partial charge in [-0.05, 0) is 43.0 Å². The second kappa shape index (κ2) is 12.6. The number of anilines is 3. The molecule has 0 radical (unpaired) electrons. The number of rotatable bonds is 10. The highest BCUT2D eigenvalue weighted by atomic mass is 35.5. The molecule has 2 N–H and O–H groups in total. The van der Waals surface area contributed by atoms with Gasteiger partial charge in [-0.3, -0.25) is 19.4 Å². The van der Waals surface area contributed by atoms with Crippen LogP contribution in [0.15, 0.2) is 48.8 Å². The summed E-state index contributed by atoms with van der Waals surface area (Å²) in [7, 11) is 0. The van der Waals surface area contributed by atoms with Crippen molar-refractivity contribution in [2.45, 2.75) is 25.3 Å². The molecule has 2 aromatic carbocycles. The van der Waals surface area contributed by atoms with Crippen molar-refractivity contribution in [1.82, 2.24) is 19.8 Å². The normalized spacial score (nSPS) is 19.8. The minimum atomic E-state index is -0.510. The quantitative estimate of drug-likeness (QED) is 0.261. The van der Waals surface area contributed by atoms with Gasteiger partial charge in [-0.15, -0.1) is 0 Å². The summed E-state index contributed by atoms with van der Waals surface area (Å²) in [5, 5.41) is 6.78. The molecule has 0 spiro atoms. The molecular weight excluding hydrogens is 563 g/mol.